The molecule has 0 radical (unpaired) electrons. The summed E-state index contributed by atoms with van der Waals surface area (Å²) in [5, 5.41) is 6.66. The molecule has 1 aliphatic rings. The van der Waals surface area contributed by atoms with Crippen molar-refractivity contribution in [2.45, 2.75) is 23.7 Å². The third-order valence-electron chi connectivity index (χ3n) is 5.39. The molecule has 1 fully saturated rings. The summed E-state index contributed by atoms with van der Waals surface area (Å²) in [7, 11) is 0. The van der Waals surface area contributed by atoms with Gasteiger partial charge in [0.05, 0.1) is 10.0 Å². The number of aromatic nitrogens is 2. The first kappa shape index (κ1) is 15.9. The second kappa shape index (κ2) is 6.78. The summed E-state index contributed by atoms with van der Waals surface area (Å²) in [5.41, 5.74) is 2.78. The summed E-state index contributed by atoms with van der Waals surface area (Å²) in [6.45, 7) is 0. The van der Waals surface area contributed by atoms with Gasteiger partial charge < -0.3 is 0 Å². The lowest BCUT2D eigenvalue weighted by Crippen LogP contribution is -2.40. The molecule has 0 bridgehead atoms. The molecule has 0 saturated heterocycles. The zero-order chi connectivity index (χ0) is 17.3. The zero-order valence-corrected chi connectivity index (χ0v) is 15.7. The van der Waals surface area contributed by atoms with Gasteiger partial charge in [0.25, 0.3) is 0 Å². The van der Waals surface area contributed by atoms with Crippen molar-refractivity contribution in [2.24, 2.45) is 0 Å². The van der Waals surface area contributed by atoms with E-state index in [1.54, 1.807) is 22.7 Å². The molecule has 5 rings (SSSR count). The van der Waals surface area contributed by atoms with Crippen LogP contribution in [0.4, 0.5) is 0 Å². The van der Waals surface area contributed by atoms with Crippen LogP contribution < -0.4 is 0 Å². The predicted molar refractivity (Wildman–Crippen MR) is 108 cm³/mol. The first-order valence-corrected chi connectivity index (χ1v) is 10.6. The topological polar surface area (TPSA) is 25.8 Å². The molecule has 4 aromatic rings. The molecule has 4 heteroatoms. The molecule has 0 atom stereocenters. The van der Waals surface area contributed by atoms with Gasteiger partial charge in [-0.05, 0) is 11.1 Å². The fourth-order valence-electron chi connectivity index (χ4n) is 4.34. The Hall–Kier alpha value is -2.30. The molecule has 26 heavy (non-hydrogen) atoms. The molecule has 2 aromatic heterocycles. The summed E-state index contributed by atoms with van der Waals surface area (Å²) in [5.74, 6) is 1.62. The quantitative estimate of drug-likeness (QED) is 0.435. The van der Waals surface area contributed by atoms with Gasteiger partial charge in [0.2, 0.25) is 0 Å². The van der Waals surface area contributed by atoms with Crippen molar-refractivity contribution < 1.29 is 0 Å². The Bertz CT molecular complexity index is 860. The zero-order valence-electron chi connectivity index (χ0n) is 14.1. The Labute approximate surface area is 161 Å². The van der Waals surface area contributed by atoms with E-state index in [1.165, 1.54) is 21.1 Å². The molecule has 2 aromatic carbocycles. The number of benzene rings is 2. The Balaban J connectivity index is 1.66. The third-order valence-corrected chi connectivity index (χ3v) is 7.14. The fourth-order valence-corrected chi connectivity index (χ4v) is 6.01. The van der Waals surface area contributed by atoms with E-state index in [4.69, 9.17) is 9.97 Å². The van der Waals surface area contributed by atoms with Crippen LogP contribution in [-0.2, 0) is 0 Å². The number of nitrogens with zero attached hydrogens (tertiary/aromatic N) is 2. The molecule has 1 aliphatic carbocycles. The van der Waals surface area contributed by atoms with Gasteiger partial charge in [-0.3, -0.25) is 0 Å². The van der Waals surface area contributed by atoms with E-state index in [2.05, 4.69) is 71.4 Å². The summed E-state index contributed by atoms with van der Waals surface area (Å²) in [6.07, 6.45) is 3.86. The Morgan fingerprint density at radius 2 is 0.962 bits per heavy atom. The van der Waals surface area contributed by atoms with E-state index in [-0.39, 0.29) is 0 Å². The Morgan fingerprint density at radius 3 is 1.31 bits per heavy atom. The smallest absolute Gasteiger partial charge is 0.0968 e. The van der Waals surface area contributed by atoms with Gasteiger partial charge in [0.1, 0.15) is 0 Å². The molecule has 1 saturated carbocycles. The number of hydrogen-bond donors (Lipinski definition) is 0. The normalized spacial score (nSPS) is 24.9. The number of rotatable bonds is 4. The van der Waals surface area contributed by atoms with Crippen LogP contribution in [-0.4, -0.2) is 9.97 Å². The van der Waals surface area contributed by atoms with E-state index in [0.717, 1.165) is 0 Å². The minimum absolute atomic E-state index is 0.397. The first-order chi connectivity index (χ1) is 12.9. The van der Waals surface area contributed by atoms with Crippen LogP contribution in [0, 0.1) is 0 Å². The maximum Gasteiger partial charge on any atom is 0.0968 e. The molecule has 0 unspecified atom stereocenters. The third kappa shape index (κ3) is 2.61. The Morgan fingerprint density at radius 1 is 0.538 bits per heavy atom. The molecular formula is C22H18N2S2. The second-order valence-corrected chi connectivity index (χ2v) is 8.52. The lowest BCUT2D eigenvalue weighted by molar-refractivity contribution is 0.228. The van der Waals surface area contributed by atoms with Crippen LogP contribution in [0.2, 0.25) is 0 Å². The minimum atomic E-state index is 0.397. The largest absolute Gasteiger partial charge is 0.249 e. The van der Waals surface area contributed by atoms with E-state index < -0.39 is 0 Å². The van der Waals surface area contributed by atoms with Crippen molar-refractivity contribution in [3.05, 3.63) is 105 Å². The highest BCUT2D eigenvalue weighted by molar-refractivity contribution is 7.10. The van der Waals surface area contributed by atoms with E-state index in [0.29, 0.717) is 23.7 Å². The number of thiazole rings is 2. The predicted octanol–water partition coefficient (Wildman–Crippen LogP) is 6.05. The van der Waals surface area contributed by atoms with Gasteiger partial charge in [0, 0.05) is 46.8 Å². The number of hydrogen-bond acceptors (Lipinski definition) is 4. The summed E-state index contributed by atoms with van der Waals surface area (Å²) in [6, 6.07) is 21.8. The van der Waals surface area contributed by atoms with Gasteiger partial charge in [-0.1, -0.05) is 60.7 Å². The molecular weight excluding hydrogens is 356 g/mol. The van der Waals surface area contributed by atoms with Crippen molar-refractivity contribution in [2.75, 3.05) is 0 Å². The van der Waals surface area contributed by atoms with Crippen LogP contribution in [0.25, 0.3) is 0 Å². The van der Waals surface area contributed by atoms with Crippen LogP contribution >= 0.6 is 22.7 Å². The minimum Gasteiger partial charge on any atom is -0.249 e. The second-order valence-electron chi connectivity index (χ2n) is 6.67. The Kier molecular flexibility index (Phi) is 4.15. The molecule has 2 heterocycles. The first-order valence-electron chi connectivity index (χ1n) is 8.82. The molecule has 0 spiro atoms. The van der Waals surface area contributed by atoms with Crippen molar-refractivity contribution >= 4 is 22.7 Å². The average molecular weight is 375 g/mol. The van der Waals surface area contributed by atoms with E-state index in [9.17, 15) is 0 Å². The highest BCUT2D eigenvalue weighted by Gasteiger charge is 2.54. The van der Waals surface area contributed by atoms with Gasteiger partial charge in [-0.25, -0.2) is 9.97 Å². The van der Waals surface area contributed by atoms with Crippen LogP contribution in [0.15, 0.2) is 83.8 Å². The fraction of sp³-hybridized carbons (Fsp3) is 0.182. The van der Waals surface area contributed by atoms with Crippen LogP contribution in [0.1, 0.15) is 44.8 Å². The van der Waals surface area contributed by atoms with Crippen LogP contribution in [0.5, 0.6) is 0 Å². The molecule has 2 nitrogen and oxygen atoms in total. The molecule has 0 N–H and O–H groups in total. The van der Waals surface area contributed by atoms with Crippen molar-refractivity contribution in [3.63, 3.8) is 0 Å². The average Bonchev–Trinajstić information content (AvgIpc) is 3.37. The SMILES string of the molecule is c1ccc(C2C(c3nccs3)C(c3ccccc3)C2c2nccs2)cc1. The molecule has 0 amide bonds. The van der Waals surface area contributed by atoms with Crippen molar-refractivity contribution in [1.29, 1.82) is 0 Å². The summed E-state index contributed by atoms with van der Waals surface area (Å²) < 4.78 is 0. The molecule has 128 valence electrons. The standard InChI is InChI=1S/C22H18N2S2/c1-3-7-15(8-4-1)17-19(21-23-11-13-25-21)18(16-9-5-2-6-10-16)20(17)22-24-12-14-26-22/h1-14,17-20H. The van der Waals surface area contributed by atoms with Crippen LogP contribution in [0.3, 0.4) is 0 Å². The molecule has 0 aliphatic heterocycles. The van der Waals surface area contributed by atoms with E-state index in [1.807, 2.05) is 12.4 Å². The maximum atomic E-state index is 4.71. The van der Waals surface area contributed by atoms with E-state index >= 15 is 0 Å². The highest BCUT2D eigenvalue weighted by atomic mass is 32.1. The van der Waals surface area contributed by atoms with Crippen molar-refractivity contribution in [1.82, 2.24) is 9.97 Å². The highest BCUT2D eigenvalue weighted by Crippen LogP contribution is 2.66. The summed E-state index contributed by atoms with van der Waals surface area (Å²) >= 11 is 3.55. The van der Waals surface area contributed by atoms with Gasteiger partial charge in [-0.2, -0.15) is 0 Å². The van der Waals surface area contributed by atoms with Gasteiger partial charge in [-0.15, -0.1) is 22.7 Å². The monoisotopic (exact) mass is 374 g/mol. The van der Waals surface area contributed by atoms with Gasteiger partial charge in [0.15, 0.2) is 0 Å². The summed E-state index contributed by atoms with van der Waals surface area (Å²) in [4.78, 5) is 9.41. The maximum absolute atomic E-state index is 4.71. The van der Waals surface area contributed by atoms with Crippen molar-refractivity contribution in [3.8, 4) is 0 Å². The van der Waals surface area contributed by atoms with Gasteiger partial charge >= 0.3 is 0 Å². The lowest BCUT2D eigenvalue weighted by Gasteiger charge is -2.51. The lowest BCUT2D eigenvalue weighted by atomic mass is 9.53.